The predicted octanol–water partition coefficient (Wildman–Crippen LogP) is 3.92. The molecule has 0 radical (unpaired) electrons. The van der Waals surface area contributed by atoms with E-state index in [0.29, 0.717) is 16.8 Å². The summed E-state index contributed by atoms with van der Waals surface area (Å²) in [6.45, 7) is 9.91. The molecule has 6 nitrogen and oxygen atoms in total. The van der Waals surface area contributed by atoms with Crippen molar-refractivity contribution in [1.29, 1.82) is 0 Å². The van der Waals surface area contributed by atoms with Gasteiger partial charge in [0.25, 0.3) is 5.91 Å². The highest BCUT2D eigenvalue weighted by Crippen LogP contribution is 2.22. The van der Waals surface area contributed by atoms with Gasteiger partial charge in [-0.25, -0.2) is 4.79 Å². The quantitative estimate of drug-likeness (QED) is 0.725. The molecule has 1 atom stereocenters. The van der Waals surface area contributed by atoms with E-state index >= 15 is 0 Å². The van der Waals surface area contributed by atoms with E-state index in [-0.39, 0.29) is 23.8 Å². The summed E-state index contributed by atoms with van der Waals surface area (Å²) >= 11 is 0. The van der Waals surface area contributed by atoms with Crippen molar-refractivity contribution in [3.63, 3.8) is 0 Å². The van der Waals surface area contributed by atoms with Crippen LogP contribution in [0.25, 0.3) is 0 Å². The van der Waals surface area contributed by atoms with Crippen molar-refractivity contribution in [3.05, 3.63) is 65.2 Å². The van der Waals surface area contributed by atoms with Crippen LogP contribution < -0.4 is 10.6 Å². The van der Waals surface area contributed by atoms with Crippen LogP contribution in [0.3, 0.4) is 0 Å². The van der Waals surface area contributed by atoms with Gasteiger partial charge >= 0.3 is 5.97 Å². The SMILES string of the molecule is CCOC(=O)c1cccc(NC(=O)C(C)NC(=O)c2ccc(C(C)(C)C)cc2)c1. The smallest absolute Gasteiger partial charge is 0.338 e. The summed E-state index contributed by atoms with van der Waals surface area (Å²) in [4.78, 5) is 36.7. The monoisotopic (exact) mass is 396 g/mol. The van der Waals surface area contributed by atoms with E-state index in [0.717, 1.165) is 5.56 Å². The Labute approximate surface area is 171 Å². The molecular formula is C23H28N2O4. The number of benzene rings is 2. The van der Waals surface area contributed by atoms with Gasteiger partial charge in [-0.05, 0) is 55.2 Å². The number of hydrogen-bond acceptors (Lipinski definition) is 4. The molecule has 2 N–H and O–H groups in total. The summed E-state index contributed by atoms with van der Waals surface area (Å²) in [5.74, 6) is -1.16. The molecule has 0 aliphatic rings. The molecule has 2 rings (SSSR count). The first-order valence-corrected chi connectivity index (χ1v) is 9.61. The standard InChI is InChI=1S/C23H28N2O4/c1-6-29-22(28)17-8-7-9-19(14-17)25-20(26)15(2)24-21(27)16-10-12-18(13-11-16)23(3,4)5/h7-15H,6H2,1-5H3,(H,24,27)(H,25,26). The zero-order valence-corrected chi connectivity index (χ0v) is 17.5. The second-order valence-electron chi connectivity index (χ2n) is 7.81. The molecule has 0 saturated heterocycles. The van der Waals surface area contributed by atoms with Gasteiger partial charge in [0.2, 0.25) is 5.91 Å². The van der Waals surface area contributed by atoms with Gasteiger partial charge in [-0.2, -0.15) is 0 Å². The summed E-state index contributed by atoms with van der Waals surface area (Å²) in [5, 5.41) is 5.39. The molecule has 0 saturated carbocycles. The molecule has 0 bridgehead atoms. The molecule has 29 heavy (non-hydrogen) atoms. The van der Waals surface area contributed by atoms with E-state index in [1.165, 1.54) is 6.07 Å². The van der Waals surface area contributed by atoms with Gasteiger partial charge in [-0.1, -0.05) is 39.0 Å². The Balaban J connectivity index is 1.99. The fourth-order valence-electron chi connectivity index (χ4n) is 2.66. The van der Waals surface area contributed by atoms with Crippen molar-refractivity contribution in [2.75, 3.05) is 11.9 Å². The Morgan fingerprint density at radius 3 is 2.24 bits per heavy atom. The topological polar surface area (TPSA) is 84.5 Å². The molecule has 0 aliphatic carbocycles. The largest absolute Gasteiger partial charge is 0.462 e. The average molecular weight is 396 g/mol. The summed E-state index contributed by atoms with van der Waals surface area (Å²) < 4.78 is 4.96. The lowest BCUT2D eigenvalue weighted by molar-refractivity contribution is -0.117. The lowest BCUT2D eigenvalue weighted by atomic mass is 9.86. The van der Waals surface area contributed by atoms with Crippen LogP contribution in [0.5, 0.6) is 0 Å². The molecule has 2 amide bonds. The first-order chi connectivity index (χ1) is 13.6. The zero-order valence-electron chi connectivity index (χ0n) is 17.5. The molecule has 2 aromatic rings. The number of esters is 1. The molecule has 2 aromatic carbocycles. The lowest BCUT2D eigenvalue weighted by Gasteiger charge is -2.19. The van der Waals surface area contributed by atoms with Crippen molar-refractivity contribution in [3.8, 4) is 0 Å². The molecule has 1 unspecified atom stereocenters. The van der Waals surface area contributed by atoms with Crippen molar-refractivity contribution in [2.45, 2.75) is 46.1 Å². The van der Waals surface area contributed by atoms with Gasteiger partial charge in [0.15, 0.2) is 0 Å². The van der Waals surface area contributed by atoms with Gasteiger partial charge in [0, 0.05) is 11.3 Å². The van der Waals surface area contributed by atoms with Crippen molar-refractivity contribution in [1.82, 2.24) is 5.32 Å². The lowest BCUT2D eigenvalue weighted by Crippen LogP contribution is -2.41. The second kappa shape index (κ2) is 9.37. The molecule has 0 aliphatic heterocycles. The Hall–Kier alpha value is -3.15. The van der Waals surface area contributed by atoms with E-state index in [4.69, 9.17) is 4.74 Å². The minimum Gasteiger partial charge on any atom is -0.462 e. The highest BCUT2D eigenvalue weighted by atomic mass is 16.5. The summed E-state index contributed by atoms with van der Waals surface area (Å²) in [6, 6.07) is 13.1. The van der Waals surface area contributed by atoms with Crippen LogP contribution in [0.1, 0.15) is 60.9 Å². The molecule has 0 aromatic heterocycles. The third-order valence-electron chi connectivity index (χ3n) is 4.40. The fraction of sp³-hybridized carbons (Fsp3) is 0.348. The average Bonchev–Trinajstić information content (AvgIpc) is 2.67. The van der Waals surface area contributed by atoms with Crippen LogP contribution in [0, 0.1) is 0 Å². The first-order valence-electron chi connectivity index (χ1n) is 9.61. The molecule has 0 fully saturated rings. The van der Waals surface area contributed by atoms with Crippen molar-refractivity contribution >= 4 is 23.5 Å². The fourth-order valence-corrected chi connectivity index (χ4v) is 2.66. The molecule has 154 valence electrons. The number of anilines is 1. The van der Waals surface area contributed by atoms with E-state index in [1.807, 2.05) is 12.1 Å². The van der Waals surface area contributed by atoms with Crippen LogP contribution in [-0.2, 0) is 14.9 Å². The number of ether oxygens (including phenoxy) is 1. The Morgan fingerprint density at radius 1 is 1.00 bits per heavy atom. The third-order valence-corrected chi connectivity index (χ3v) is 4.40. The van der Waals surface area contributed by atoms with E-state index in [1.54, 1.807) is 44.2 Å². The highest BCUT2D eigenvalue weighted by molar-refractivity contribution is 6.01. The molecule has 0 heterocycles. The van der Waals surface area contributed by atoms with Crippen molar-refractivity contribution in [2.24, 2.45) is 0 Å². The number of rotatable bonds is 6. The maximum atomic E-state index is 12.4. The van der Waals surface area contributed by atoms with Crippen LogP contribution in [-0.4, -0.2) is 30.4 Å². The van der Waals surface area contributed by atoms with Gasteiger partial charge in [-0.15, -0.1) is 0 Å². The van der Waals surface area contributed by atoms with Gasteiger partial charge < -0.3 is 15.4 Å². The number of amides is 2. The highest BCUT2D eigenvalue weighted by Gasteiger charge is 2.19. The maximum Gasteiger partial charge on any atom is 0.338 e. The van der Waals surface area contributed by atoms with Crippen LogP contribution in [0.4, 0.5) is 5.69 Å². The maximum absolute atomic E-state index is 12.4. The molecule has 0 spiro atoms. The van der Waals surface area contributed by atoms with Crippen LogP contribution in [0.2, 0.25) is 0 Å². The Kier molecular flexibility index (Phi) is 7.15. The second-order valence-corrected chi connectivity index (χ2v) is 7.81. The number of carbonyl (C=O) groups excluding carboxylic acids is 3. The number of hydrogen-bond donors (Lipinski definition) is 2. The normalized spacial score (nSPS) is 12.0. The predicted molar refractivity (Wildman–Crippen MR) is 113 cm³/mol. The van der Waals surface area contributed by atoms with Crippen LogP contribution in [0.15, 0.2) is 48.5 Å². The van der Waals surface area contributed by atoms with E-state index < -0.39 is 12.0 Å². The molecular weight excluding hydrogens is 368 g/mol. The van der Waals surface area contributed by atoms with E-state index in [9.17, 15) is 14.4 Å². The van der Waals surface area contributed by atoms with Gasteiger partial charge in [0.1, 0.15) is 6.04 Å². The number of carbonyl (C=O) groups is 3. The van der Waals surface area contributed by atoms with Crippen molar-refractivity contribution < 1.29 is 19.1 Å². The van der Waals surface area contributed by atoms with E-state index in [2.05, 4.69) is 31.4 Å². The third kappa shape index (κ3) is 6.17. The zero-order chi connectivity index (χ0) is 21.6. The summed E-state index contributed by atoms with van der Waals surface area (Å²) in [5.41, 5.74) is 2.42. The van der Waals surface area contributed by atoms with Crippen LogP contribution >= 0.6 is 0 Å². The summed E-state index contributed by atoms with van der Waals surface area (Å²) in [7, 11) is 0. The molecule has 6 heteroatoms. The van der Waals surface area contributed by atoms with Gasteiger partial charge in [-0.3, -0.25) is 9.59 Å². The summed E-state index contributed by atoms with van der Waals surface area (Å²) in [6.07, 6.45) is 0. The Bertz CT molecular complexity index is 882. The van der Waals surface area contributed by atoms with Gasteiger partial charge in [0.05, 0.1) is 12.2 Å². The minimum absolute atomic E-state index is 0.000270. The Morgan fingerprint density at radius 2 is 1.66 bits per heavy atom. The first kappa shape index (κ1) is 22.1. The minimum atomic E-state index is -0.754. The number of nitrogens with one attached hydrogen (secondary N) is 2.